The van der Waals surface area contributed by atoms with Gasteiger partial charge in [-0.05, 0) is 12.0 Å². The first-order chi connectivity index (χ1) is 6.24. The molecule has 0 bridgehead atoms. The fourth-order valence-electron chi connectivity index (χ4n) is 0.709. The largest absolute Gasteiger partial charge is 0.395 e. The number of aromatic nitrogens is 1. The molecule has 0 aromatic carbocycles. The van der Waals surface area contributed by atoms with E-state index in [9.17, 15) is 0 Å². The van der Waals surface area contributed by atoms with Crippen molar-refractivity contribution < 1.29 is 5.11 Å². The summed E-state index contributed by atoms with van der Waals surface area (Å²) in [7, 11) is 0. The Labute approximate surface area is 86.5 Å². The van der Waals surface area contributed by atoms with E-state index in [0.29, 0.717) is 22.2 Å². The molecule has 0 unspecified atom stereocenters. The Morgan fingerprint density at radius 3 is 2.85 bits per heavy atom. The van der Waals surface area contributed by atoms with Crippen LogP contribution in [0.3, 0.4) is 0 Å². The zero-order valence-corrected chi connectivity index (χ0v) is 8.23. The Morgan fingerprint density at radius 2 is 2.23 bits per heavy atom. The van der Waals surface area contributed by atoms with Gasteiger partial charge in [0, 0.05) is 12.6 Å². The molecule has 0 aliphatic rings. The van der Waals surface area contributed by atoms with Gasteiger partial charge in [0.15, 0.2) is 0 Å². The zero-order valence-electron chi connectivity index (χ0n) is 6.72. The number of hydrogen-bond donors (Lipinski definition) is 1. The summed E-state index contributed by atoms with van der Waals surface area (Å²) in [5, 5.41) is 9.39. The molecule has 1 heterocycles. The minimum Gasteiger partial charge on any atom is -0.395 e. The van der Waals surface area contributed by atoms with Crippen LogP contribution >= 0.6 is 23.2 Å². The van der Waals surface area contributed by atoms with Gasteiger partial charge in [-0.25, -0.2) is 4.98 Å². The van der Waals surface area contributed by atoms with Gasteiger partial charge in [0.05, 0.1) is 16.7 Å². The van der Waals surface area contributed by atoms with Crippen molar-refractivity contribution in [2.45, 2.75) is 6.42 Å². The van der Waals surface area contributed by atoms with Crippen molar-refractivity contribution in [1.29, 1.82) is 0 Å². The van der Waals surface area contributed by atoms with E-state index in [1.165, 1.54) is 6.20 Å². The third-order valence-electron chi connectivity index (χ3n) is 1.25. The molecule has 0 atom stereocenters. The second-order valence-electron chi connectivity index (χ2n) is 2.26. The Kier molecular flexibility index (Phi) is 4.04. The van der Waals surface area contributed by atoms with E-state index >= 15 is 0 Å². The van der Waals surface area contributed by atoms with Crippen LogP contribution in [0.5, 0.6) is 0 Å². The first-order valence-corrected chi connectivity index (χ1v) is 4.40. The van der Waals surface area contributed by atoms with Crippen LogP contribution in [0.4, 0.5) is 0 Å². The molecule has 1 N–H and O–H groups in total. The summed E-state index contributed by atoms with van der Waals surface area (Å²) in [4.78, 5) is 3.93. The third kappa shape index (κ3) is 3.23. The van der Waals surface area contributed by atoms with E-state index in [4.69, 9.17) is 28.3 Å². The molecule has 0 saturated carbocycles. The molecule has 1 aromatic rings. The van der Waals surface area contributed by atoms with Crippen molar-refractivity contribution in [2.75, 3.05) is 6.61 Å². The zero-order chi connectivity index (χ0) is 9.68. The number of halogens is 2. The van der Waals surface area contributed by atoms with Gasteiger partial charge in [-0.3, -0.25) is 0 Å². The maximum absolute atomic E-state index is 8.48. The van der Waals surface area contributed by atoms with E-state index in [1.807, 2.05) is 0 Å². The summed E-state index contributed by atoms with van der Waals surface area (Å²) >= 11 is 11.4. The molecule has 0 fully saturated rings. The van der Waals surface area contributed by atoms with Crippen LogP contribution in [-0.4, -0.2) is 16.7 Å². The third-order valence-corrected chi connectivity index (χ3v) is 1.75. The van der Waals surface area contributed by atoms with Gasteiger partial charge in [-0.2, -0.15) is 0 Å². The monoisotopic (exact) mass is 215 g/mol. The van der Waals surface area contributed by atoms with Gasteiger partial charge in [0.1, 0.15) is 5.69 Å². The first kappa shape index (κ1) is 10.3. The van der Waals surface area contributed by atoms with E-state index in [2.05, 4.69) is 16.8 Å². The lowest BCUT2D eigenvalue weighted by atomic mass is 10.3. The molecule has 4 heteroatoms. The second kappa shape index (κ2) is 5.08. The molecule has 1 rings (SSSR count). The minimum absolute atomic E-state index is 0.0399. The summed E-state index contributed by atoms with van der Waals surface area (Å²) in [6.45, 7) is 0.0399. The van der Waals surface area contributed by atoms with Gasteiger partial charge < -0.3 is 5.11 Å². The molecular formula is C9H7Cl2NO. The Hall–Kier alpha value is -0.750. The number of pyridine rings is 1. The smallest absolute Gasteiger partial charge is 0.131 e. The lowest BCUT2D eigenvalue weighted by Gasteiger charge is -1.94. The molecule has 0 saturated heterocycles. The summed E-state index contributed by atoms with van der Waals surface area (Å²) in [5.74, 6) is 5.45. The summed E-state index contributed by atoms with van der Waals surface area (Å²) < 4.78 is 0. The molecule has 0 amide bonds. The number of aliphatic hydroxyl groups excluding tert-OH is 1. The maximum atomic E-state index is 8.48. The van der Waals surface area contributed by atoms with Gasteiger partial charge in [0.2, 0.25) is 0 Å². The average molecular weight is 216 g/mol. The predicted octanol–water partition coefficient (Wildman–Crippen LogP) is 2.12. The van der Waals surface area contributed by atoms with Gasteiger partial charge in [-0.15, -0.1) is 0 Å². The minimum atomic E-state index is 0.0399. The van der Waals surface area contributed by atoms with Crippen molar-refractivity contribution in [3.05, 3.63) is 28.0 Å². The second-order valence-corrected chi connectivity index (χ2v) is 3.10. The van der Waals surface area contributed by atoms with E-state index in [-0.39, 0.29) is 6.61 Å². The summed E-state index contributed by atoms with van der Waals surface area (Å²) in [6, 6.07) is 1.58. The molecule has 0 radical (unpaired) electrons. The summed E-state index contributed by atoms with van der Waals surface area (Å²) in [5.41, 5.74) is 0.486. The molecule has 0 spiro atoms. The van der Waals surface area contributed by atoms with Gasteiger partial charge >= 0.3 is 0 Å². The van der Waals surface area contributed by atoms with Gasteiger partial charge in [0.25, 0.3) is 0 Å². The van der Waals surface area contributed by atoms with Crippen LogP contribution in [0.15, 0.2) is 12.3 Å². The number of rotatable bonds is 1. The highest BCUT2D eigenvalue weighted by Gasteiger charge is 1.98. The highest BCUT2D eigenvalue weighted by molar-refractivity contribution is 6.35. The molecule has 2 nitrogen and oxygen atoms in total. The molecule has 1 aromatic heterocycles. The average Bonchev–Trinajstić information content (AvgIpc) is 2.09. The quantitative estimate of drug-likeness (QED) is 0.729. The van der Waals surface area contributed by atoms with Crippen LogP contribution in [-0.2, 0) is 0 Å². The fraction of sp³-hybridized carbons (Fsp3) is 0.222. The first-order valence-electron chi connectivity index (χ1n) is 3.65. The Balaban J connectivity index is 2.85. The Bertz CT molecular complexity index is 354. The van der Waals surface area contributed by atoms with Crippen LogP contribution in [0.25, 0.3) is 0 Å². The van der Waals surface area contributed by atoms with E-state index < -0.39 is 0 Å². The molecule has 13 heavy (non-hydrogen) atoms. The highest BCUT2D eigenvalue weighted by Crippen LogP contribution is 2.17. The van der Waals surface area contributed by atoms with Crippen LogP contribution in [0.2, 0.25) is 10.0 Å². The van der Waals surface area contributed by atoms with Crippen molar-refractivity contribution in [2.24, 2.45) is 0 Å². The van der Waals surface area contributed by atoms with Crippen molar-refractivity contribution in [3.63, 3.8) is 0 Å². The number of hydrogen-bond acceptors (Lipinski definition) is 2. The van der Waals surface area contributed by atoms with E-state index in [0.717, 1.165) is 0 Å². The summed E-state index contributed by atoms with van der Waals surface area (Å²) in [6.07, 6.45) is 1.90. The SMILES string of the molecule is OCCC#Cc1ncc(Cl)cc1Cl. The lowest BCUT2D eigenvalue weighted by Crippen LogP contribution is -1.84. The number of nitrogens with zero attached hydrogens (tertiary/aromatic N) is 1. The number of aliphatic hydroxyl groups is 1. The van der Waals surface area contributed by atoms with Gasteiger partial charge in [-0.1, -0.05) is 29.1 Å². The lowest BCUT2D eigenvalue weighted by molar-refractivity contribution is 0.305. The molecule has 0 aliphatic heterocycles. The maximum Gasteiger partial charge on any atom is 0.131 e. The van der Waals surface area contributed by atoms with Crippen molar-refractivity contribution >= 4 is 23.2 Å². The normalized spacial score (nSPS) is 9.15. The van der Waals surface area contributed by atoms with Crippen LogP contribution < -0.4 is 0 Å². The van der Waals surface area contributed by atoms with Crippen LogP contribution in [0.1, 0.15) is 12.1 Å². The predicted molar refractivity (Wildman–Crippen MR) is 52.8 cm³/mol. The Morgan fingerprint density at radius 1 is 1.46 bits per heavy atom. The van der Waals surface area contributed by atoms with Crippen molar-refractivity contribution in [1.82, 2.24) is 4.98 Å². The van der Waals surface area contributed by atoms with Crippen molar-refractivity contribution in [3.8, 4) is 11.8 Å². The molecule has 0 aliphatic carbocycles. The highest BCUT2D eigenvalue weighted by atomic mass is 35.5. The van der Waals surface area contributed by atoms with Crippen LogP contribution in [0, 0.1) is 11.8 Å². The fourth-order valence-corrected chi connectivity index (χ4v) is 1.14. The standard InChI is InChI=1S/C9H7Cl2NO/c10-7-5-8(11)9(12-6-7)3-1-2-4-13/h5-6,13H,2,4H2. The van der Waals surface area contributed by atoms with E-state index in [1.54, 1.807) is 6.07 Å². The topological polar surface area (TPSA) is 33.1 Å². The molecular weight excluding hydrogens is 209 g/mol. The molecule has 68 valence electrons.